The normalized spacial score (nSPS) is 20.7. The third-order valence-electron chi connectivity index (χ3n) is 5.09. The van der Waals surface area contributed by atoms with Crippen molar-refractivity contribution in [2.45, 2.75) is 50.0 Å². The summed E-state index contributed by atoms with van der Waals surface area (Å²) < 4.78 is 28.9. The minimum atomic E-state index is -2.50. The second kappa shape index (κ2) is 8.12. The molecule has 1 fully saturated rings. The van der Waals surface area contributed by atoms with Gasteiger partial charge in [0.1, 0.15) is 5.82 Å². The van der Waals surface area contributed by atoms with Crippen LogP contribution < -0.4 is 0 Å². The van der Waals surface area contributed by atoms with Crippen molar-refractivity contribution in [3.05, 3.63) is 64.4 Å². The van der Waals surface area contributed by atoms with Gasteiger partial charge < -0.3 is 0 Å². The van der Waals surface area contributed by atoms with E-state index in [9.17, 15) is 8.60 Å². The van der Waals surface area contributed by atoms with Crippen LogP contribution in [0.3, 0.4) is 0 Å². The highest BCUT2D eigenvalue weighted by molar-refractivity contribution is 7.98. The summed E-state index contributed by atoms with van der Waals surface area (Å²) >= 11 is 5.89. The maximum atomic E-state index is 13.5. The van der Waals surface area contributed by atoms with Gasteiger partial charge in [-0.25, -0.2) is 12.9 Å². The summed E-state index contributed by atoms with van der Waals surface area (Å²) in [6, 6.07) is 12.9. The van der Waals surface area contributed by atoms with Gasteiger partial charge >= 0.3 is 0 Å². The SMILES string of the molecule is C=S(=O)(c1ccc(C)cc1)N1CCCCC1CCc1ccc(F)c(Cl)c1. The second-order valence-corrected chi connectivity index (χ2v) is 9.66. The lowest BCUT2D eigenvalue weighted by atomic mass is 9.98. The van der Waals surface area contributed by atoms with Crippen LogP contribution in [0.25, 0.3) is 0 Å². The number of benzene rings is 2. The molecule has 1 aliphatic rings. The van der Waals surface area contributed by atoms with Crippen molar-refractivity contribution in [1.29, 1.82) is 0 Å². The molecule has 1 saturated heterocycles. The van der Waals surface area contributed by atoms with E-state index >= 15 is 0 Å². The Balaban J connectivity index is 1.76. The van der Waals surface area contributed by atoms with Gasteiger partial charge in [0.25, 0.3) is 0 Å². The number of hydrogen-bond acceptors (Lipinski definition) is 1. The van der Waals surface area contributed by atoms with Crippen LogP contribution in [0.4, 0.5) is 4.39 Å². The lowest BCUT2D eigenvalue weighted by Gasteiger charge is -2.38. The molecule has 1 aliphatic heterocycles. The molecule has 0 aliphatic carbocycles. The monoisotopic (exact) mass is 393 g/mol. The van der Waals surface area contributed by atoms with Crippen LogP contribution >= 0.6 is 11.6 Å². The highest BCUT2D eigenvalue weighted by Gasteiger charge is 2.29. The van der Waals surface area contributed by atoms with Crippen LogP contribution in [0.5, 0.6) is 0 Å². The van der Waals surface area contributed by atoms with E-state index in [2.05, 4.69) is 10.2 Å². The van der Waals surface area contributed by atoms with Crippen molar-refractivity contribution in [1.82, 2.24) is 4.31 Å². The largest absolute Gasteiger partial charge is 0.248 e. The van der Waals surface area contributed by atoms with Crippen LogP contribution in [0.15, 0.2) is 47.4 Å². The van der Waals surface area contributed by atoms with Crippen molar-refractivity contribution in [3.63, 3.8) is 0 Å². The molecule has 0 N–H and O–H groups in total. The Morgan fingerprint density at radius 1 is 1.23 bits per heavy atom. The van der Waals surface area contributed by atoms with Crippen LogP contribution in [0.2, 0.25) is 5.02 Å². The van der Waals surface area contributed by atoms with E-state index in [1.54, 1.807) is 12.1 Å². The number of aryl methyl sites for hydroxylation is 2. The first-order valence-corrected chi connectivity index (χ1v) is 11.1. The number of rotatable bonds is 5. The topological polar surface area (TPSA) is 20.3 Å². The highest BCUT2D eigenvalue weighted by Crippen LogP contribution is 2.28. The summed E-state index contributed by atoms with van der Waals surface area (Å²) in [5.41, 5.74) is 2.15. The zero-order valence-electron chi connectivity index (χ0n) is 15.1. The quantitative estimate of drug-likeness (QED) is 0.634. The molecule has 0 saturated carbocycles. The van der Waals surface area contributed by atoms with E-state index in [1.807, 2.05) is 31.2 Å². The Labute approximate surface area is 161 Å². The molecule has 1 heterocycles. The van der Waals surface area contributed by atoms with Crippen LogP contribution in [0.1, 0.15) is 36.8 Å². The van der Waals surface area contributed by atoms with Crippen LogP contribution in [-0.2, 0) is 16.1 Å². The van der Waals surface area contributed by atoms with Gasteiger partial charge in [-0.3, -0.25) is 0 Å². The molecular weight excluding hydrogens is 369 g/mol. The Morgan fingerprint density at radius 3 is 2.65 bits per heavy atom. The summed E-state index contributed by atoms with van der Waals surface area (Å²) in [6.45, 7) is 2.82. The third kappa shape index (κ3) is 4.30. The van der Waals surface area contributed by atoms with Gasteiger partial charge in [-0.2, -0.15) is 0 Å². The Morgan fingerprint density at radius 2 is 1.96 bits per heavy atom. The van der Waals surface area contributed by atoms with Gasteiger partial charge in [0, 0.05) is 17.5 Å². The van der Waals surface area contributed by atoms with Crippen molar-refractivity contribution < 1.29 is 8.60 Å². The summed E-state index contributed by atoms with van der Waals surface area (Å²) in [5, 5.41) is 0.156. The molecule has 3 rings (SSSR count). The lowest BCUT2D eigenvalue weighted by Crippen LogP contribution is -2.43. The average molecular weight is 394 g/mol. The molecule has 2 unspecified atom stereocenters. The molecule has 0 amide bonds. The van der Waals surface area contributed by atoms with E-state index < -0.39 is 15.5 Å². The lowest BCUT2D eigenvalue weighted by molar-refractivity contribution is 0.251. The molecule has 2 atom stereocenters. The van der Waals surface area contributed by atoms with Gasteiger partial charge in [-0.05, 0) is 68.3 Å². The fraction of sp³-hybridized carbons (Fsp3) is 0.381. The van der Waals surface area contributed by atoms with Crippen molar-refractivity contribution >= 4 is 27.2 Å². The third-order valence-corrected chi connectivity index (χ3v) is 7.63. The second-order valence-electron chi connectivity index (χ2n) is 7.03. The number of nitrogens with zero attached hydrogens (tertiary/aromatic N) is 1. The first-order valence-electron chi connectivity index (χ1n) is 9.02. The van der Waals surface area contributed by atoms with E-state index in [4.69, 9.17) is 11.6 Å². The Kier molecular flexibility index (Phi) is 6.06. The van der Waals surface area contributed by atoms with E-state index in [-0.39, 0.29) is 11.1 Å². The molecule has 0 spiro atoms. The molecule has 26 heavy (non-hydrogen) atoms. The summed E-state index contributed by atoms with van der Waals surface area (Å²) in [7, 11) is -2.50. The average Bonchev–Trinajstić information content (AvgIpc) is 2.63. The summed E-state index contributed by atoms with van der Waals surface area (Å²) in [4.78, 5) is 0.792. The Hall–Kier alpha value is -1.36. The first-order chi connectivity index (χ1) is 12.4. The summed E-state index contributed by atoms with van der Waals surface area (Å²) in [6.07, 6.45) is 4.82. The smallest absolute Gasteiger partial charge is 0.141 e. The number of halogens is 2. The summed E-state index contributed by atoms with van der Waals surface area (Å²) in [5.74, 6) is 3.71. The predicted molar refractivity (Wildman–Crippen MR) is 109 cm³/mol. The van der Waals surface area contributed by atoms with E-state index in [1.165, 1.54) is 6.07 Å². The van der Waals surface area contributed by atoms with Gasteiger partial charge in [-0.15, -0.1) is 0 Å². The van der Waals surface area contributed by atoms with Gasteiger partial charge in [-0.1, -0.05) is 41.8 Å². The minimum absolute atomic E-state index is 0.156. The number of hydrogen-bond donors (Lipinski definition) is 0. The first kappa shape index (κ1) is 19.4. The molecule has 0 bridgehead atoms. The zero-order valence-corrected chi connectivity index (χ0v) is 16.7. The molecule has 2 aromatic rings. The molecule has 140 valence electrons. The van der Waals surface area contributed by atoms with E-state index in [0.29, 0.717) is 0 Å². The molecule has 0 radical (unpaired) electrons. The maximum absolute atomic E-state index is 13.5. The van der Waals surface area contributed by atoms with Crippen molar-refractivity contribution in [2.75, 3.05) is 6.54 Å². The Bertz CT molecular complexity index is 864. The molecule has 2 aromatic carbocycles. The minimum Gasteiger partial charge on any atom is -0.248 e. The molecular formula is C21H25ClFNOS. The fourth-order valence-electron chi connectivity index (χ4n) is 3.57. The van der Waals surface area contributed by atoms with Crippen LogP contribution in [-0.4, -0.2) is 27.0 Å². The molecule has 2 nitrogen and oxygen atoms in total. The zero-order chi connectivity index (χ0) is 18.7. The molecule has 0 aromatic heterocycles. The van der Waals surface area contributed by atoms with Gasteiger partial charge in [0.15, 0.2) is 0 Å². The van der Waals surface area contributed by atoms with E-state index in [0.717, 1.165) is 54.7 Å². The highest BCUT2D eigenvalue weighted by atomic mass is 35.5. The van der Waals surface area contributed by atoms with Crippen molar-refractivity contribution in [3.8, 4) is 0 Å². The van der Waals surface area contributed by atoms with Crippen LogP contribution in [0, 0.1) is 12.7 Å². The predicted octanol–water partition coefficient (Wildman–Crippen LogP) is 5.27. The van der Waals surface area contributed by atoms with Gasteiger partial charge in [0.05, 0.1) is 14.7 Å². The maximum Gasteiger partial charge on any atom is 0.141 e. The standard InChI is InChI=1S/C21H25ClFNOS/c1-16-6-11-19(12-7-16)26(2,25)24-14-4-3-5-18(24)10-8-17-9-13-21(23)20(22)15-17/h6-7,9,11-13,15,18H,2-5,8,10,14H2,1H3. The molecule has 5 heteroatoms. The van der Waals surface area contributed by atoms with Gasteiger partial charge in [0.2, 0.25) is 0 Å². The van der Waals surface area contributed by atoms with Crippen molar-refractivity contribution in [2.24, 2.45) is 0 Å². The number of piperidine rings is 1. The fourth-order valence-corrected chi connectivity index (χ4v) is 5.72.